The van der Waals surface area contributed by atoms with Gasteiger partial charge in [0.25, 0.3) is 0 Å². The van der Waals surface area contributed by atoms with Gasteiger partial charge in [0.1, 0.15) is 18.0 Å². The van der Waals surface area contributed by atoms with Crippen LogP contribution in [0, 0.1) is 0 Å². The van der Waals surface area contributed by atoms with Crippen LogP contribution >= 0.6 is 0 Å². The summed E-state index contributed by atoms with van der Waals surface area (Å²) in [4.78, 5) is 2.33. The van der Waals surface area contributed by atoms with Crippen molar-refractivity contribution in [2.24, 2.45) is 0 Å². The van der Waals surface area contributed by atoms with Gasteiger partial charge in [-0.3, -0.25) is 0 Å². The quantitative estimate of drug-likeness (QED) is 0.512. The van der Waals surface area contributed by atoms with Crippen molar-refractivity contribution in [3.05, 3.63) is 112 Å². The van der Waals surface area contributed by atoms with E-state index < -0.39 is 0 Å². The fraction of sp³-hybridized carbons (Fsp3) is 0.290. The maximum Gasteiger partial charge on any atom is 0.128 e. The number of aromatic nitrogens is 1. The maximum absolute atomic E-state index is 6.51. The average Bonchev–Trinajstić information content (AvgIpc) is 3.40. The highest BCUT2D eigenvalue weighted by molar-refractivity contribution is 5.68. The molecule has 4 unspecified atom stereocenters. The van der Waals surface area contributed by atoms with Gasteiger partial charge < -0.3 is 14.2 Å². The average molecular weight is 447 g/mol. The molecule has 0 bridgehead atoms. The monoisotopic (exact) mass is 446 g/mol. The second kappa shape index (κ2) is 7.53. The molecular weight excluding hydrogens is 416 g/mol. The molecule has 1 aromatic carbocycles. The van der Waals surface area contributed by atoms with E-state index in [1.165, 1.54) is 39.2 Å². The molecule has 0 saturated carbocycles. The van der Waals surface area contributed by atoms with Crippen molar-refractivity contribution in [2.45, 2.75) is 50.3 Å². The zero-order valence-corrected chi connectivity index (χ0v) is 19.8. The van der Waals surface area contributed by atoms with Gasteiger partial charge in [-0.1, -0.05) is 54.7 Å². The first-order valence-corrected chi connectivity index (χ1v) is 12.5. The van der Waals surface area contributed by atoms with Crippen LogP contribution in [0.5, 0.6) is 5.75 Å². The molecule has 34 heavy (non-hydrogen) atoms. The van der Waals surface area contributed by atoms with Gasteiger partial charge in [0, 0.05) is 47.6 Å². The highest BCUT2D eigenvalue weighted by Gasteiger charge is 2.36. The molecule has 0 N–H and O–H groups in total. The van der Waals surface area contributed by atoms with Crippen LogP contribution in [0.25, 0.3) is 12.2 Å². The molecule has 2 aromatic rings. The van der Waals surface area contributed by atoms with Crippen LogP contribution in [0.4, 0.5) is 0 Å². The van der Waals surface area contributed by atoms with E-state index >= 15 is 0 Å². The third-order valence-electron chi connectivity index (χ3n) is 8.04. The van der Waals surface area contributed by atoms with Gasteiger partial charge in [-0.25, -0.2) is 0 Å². The minimum Gasteiger partial charge on any atom is -0.485 e. The molecule has 0 spiro atoms. The molecular formula is C31H30N2O. The number of hydrogen-bond acceptors (Lipinski definition) is 2. The number of likely N-dealkylation sites (N-methyl/N-ethyl adjacent to an activating group) is 1. The molecule has 0 radical (unpaired) electrons. The molecule has 3 aliphatic carbocycles. The summed E-state index contributed by atoms with van der Waals surface area (Å²) < 4.78 is 9.05. The summed E-state index contributed by atoms with van der Waals surface area (Å²) in [7, 11) is 2.19. The van der Waals surface area contributed by atoms with E-state index in [1.807, 2.05) is 0 Å². The van der Waals surface area contributed by atoms with E-state index in [0.29, 0.717) is 11.8 Å². The van der Waals surface area contributed by atoms with E-state index in [-0.39, 0.29) is 12.3 Å². The van der Waals surface area contributed by atoms with E-state index in [2.05, 4.69) is 109 Å². The number of hydrogen-bond donors (Lipinski definition) is 0. The molecule has 0 amide bonds. The number of rotatable bonds is 2. The lowest BCUT2D eigenvalue weighted by atomic mass is 9.83. The highest BCUT2D eigenvalue weighted by Crippen LogP contribution is 2.48. The Balaban J connectivity index is 1.30. The Morgan fingerprint density at radius 1 is 0.912 bits per heavy atom. The molecule has 170 valence electrons. The van der Waals surface area contributed by atoms with Crippen LogP contribution in [0.2, 0.25) is 0 Å². The van der Waals surface area contributed by atoms with Crippen LogP contribution in [0.15, 0.2) is 78.6 Å². The molecule has 0 saturated heterocycles. The molecule has 1 aromatic heterocycles. The summed E-state index contributed by atoms with van der Waals surface area (Å²) in [5, 5.41) is 0. The normalized spacial score (nSPS) is 27.7. The standard InChI is InChI=1S/C31H30N2O/c1-20-14-17-30(32(2)19-20)33-27-12-5-3-8-23(27)26-18-21(15-16-28(26)33)22-10-7-11-25-24-9-4-6-13-29(24)34-31(22)25/h4-7,9-17,19,21,24,29-30H,3,8,18H2,1-2H3. The Morgan fingerprint density at radius 3 is 2.68 bits per heavy atom. The Labute approximate surface area is 201 Å². The van der Waals surface area contributed by atoms with Gasteiger partial charge >= 0.3 is 0 Å². The summed E-state index contributed by atoms with van der Waals surface area (Å²) in [6, 6.07) is 6.74. The third kappa shape index (κ3) is 2.89. The number of ether oxygens (including phenoxy) is 1. The molecule has 3 heterocycles. The maximum atomic E-state index is 6.51. The number of para-hydroxylation sites is 1. The molecule has 0 fully saturated rings. The van der Waals surface area contributed by atoms with Gasteiger partial charge in [0.05, 0.1) is 0 Å². The lowest BCUT2D eigenvalue weighted by molar-refractivity contribution is 0.266. The van der Waals surface area contributed by atoms with Crippen molar-refractivity contribution in [1.29, 1.82) is 0 Å². The van der Waals surface area contributed by atoms with E-state index in [9.17, 15) is 0 Å². The van der Waals surface area contributed by atoms with Crippen molar-refractivity contribution >= 4 is 12.2 Å². The van der Waals surface area contributed by atoms with Gasteiger partial charge in [0.15, 0.2) is 0 Å². The van der Waals surface area contributed by atoms with Gasteiger partial charge in [0.2, 0.25) is 0 Å². The zero-order valence-electron chi connectivity index (χ0n) is 19.8. The first kappa shape index (κ1) is 20.0. The smallest absolute Gasteiger partial charge is 0.128 e. The van der Waals surface area contributed by atoms with Crippen molar-refractivity contribution in [1.82, 2.24) is 9.47 Å². The molecule has 7 rings (SSSR count). The first-order chi connectivity index (χ1) is 16.7. The topological polar surface area (TPSA) is 17.4 Å². The van der Waals surface area contributed by atoms with Crippen LogP contribution < -0.4 is 4.74 Å². The highest BCUT2D eigenvalue weighted by atomic mass is 16.5. The second-order valence-corrected chi connectivity index (χ2v) is 10.2. The molecule has 4 atom stereocenters. The zero-order chi connectivity index (χ0) is 22.8. The Morgan fingerprint density at radius 2 is 1.76 bits per heavy atom. The third-order valence-corrected chi connectivity index (χ3v) is 8.04. The summed E-state index contributed by atoms with van der Waals surface area (Å²) in [5.41, 5.74) is 9.77. The van der Waals surface area contributed by atoms with Crippen LogP contribution in [0.3, 0.4) is 0 Å². The fourth-order valence-corrected chi connectivity index (χ4v) is 6.48. The predicted octanol–water partition coefficient (Wildman–Crippen LogP) is 6.68. The van der Waals surface area contributed by atoms with E-state index in [4.69, 9.17) is 4.74 Å². The number of benzene rings is 1. The summed E-state index contributed by atoms with van der Waals surface area (Å²) in [5.74, 6) is 1.78. The number of nitrogens with zero attached hydrogens (tertiary/aromatic N) is 2. The Kier molecular flexibility index (Phi) is 4.42. The number of allylic oxidation sites excluding steroid dienone is 6. The number of fused-ring (bicyclic) bond motifs is 6. The van der Waals surface area contributed by atoms with Gasteiger partial charge in [-0.15, -0.1) is 0 Å². The van der Waals surface area contributed by atoms with E-state index in [0.717, 1.165) is 25.0 Å². The van der Waals surface area contributed by atoms with Gasteiger partial charge in [-0.2, -0.15) is 0 Å². The van der Waals surface area contributed by atoms with Crippen molar-refractivity contribution < 1.29 is 4.74 Å². The Bertz CT molecular complexity index is 1360. The van der Waals surface area contributed by atoms with E-state index in [1.54, 1.807) is 0 Å². The molecule has 2 aliphatic heterocycles. The lowest BCUT2D eigenvalue weighted by Crippen LogP contribution is -2.27. The summed E-state index contributed by atoms with van der Waals surface area (Å²) in [6.45, 7) is 2.16. The van der Waals surface area contributed by atoms with Crippen molar-refractivity contribution in [2.75, 3.05) is 7.05 Å². The predicted molar refractivity (Wildman–Crippen MR) is 139 cm³/mol. The van der Waals surface area contributed by atoms with Crippen LogP contribution in [-0.2, 0) is 12.8 Å². The Hall–Kier alpha value is -3.46. The second-order valence-electron chi connectivity index (χ2n) is 10.2. The summed E-state index contributed by atoms with van der Waals surface area (Å²) in [6.07, 6.45) is 28.6. The SMILES string of the molecule is CC1=CN(C)C(n2c3c(c4c2C=CC(c2cccc5c2OC2C=CC=CC52)C4)CCC=C3)C=C1. The molecule has 3 nitrogen and oxygen atoms in total. The summed E-state index contributed by atoms with van der Waals surface area (Å²) >= 11 is 0. The van der Waals surface area contributed by atoms with Gasteiger partial charge in [-0.05, 0) is 67.2 Å². The molecule has 5 aliphatic rings. The minimum atomic E-state index is 0.133. The molecule has 3 heteroatoms. The van der Waals surface area contributed by atoms with Crippen molar-refractivity contribution in [3.63, 3.8) is 0 Å². The largest absolute Gasteiger partial charge is 0.485 e. The van der Waals surface area contributed by atoms with Crippen LogP contribution in [-0.4, -0.2) is 22.6 Å². The minimum absolute atomic E-state index is 0.133. The van der Waals surface area contributed by atoms with Crippen molar-refractivity contribution in [3.8, 4) is 5.75 Å². The lowest BCUT2D eigenvalue weighted by Gasteiger charge is -2.32. The fourth-order valence-electron chi connectivity index (χ4n) is 6.48. The first-order valence-electron chi connectivity index (χ1n) is 12.5. The van der Waals surface area contributed by atoms with Crippen LogP contribution in [0.1, 0.15) is 65.0 Å².